The summed E-state index contributed by atoms with van der Waals surface area (Å²) in [5.41, 5.74) is -0.0954. The Labute approximate surface area is 121 Å². The molecular weight excluding hydrogens is 301 g/mol. The Morgan fingerprint density at radius 1 is 1.14 bits per heavy atom. The summed E-state index contributed by atoms with van der Waals surface area (Å²) in [5, 5.41) is 5.17. The van der Waals surface area contributed by atoms with Crippen molar-refractivity contribution in [3.05, 3.63) is 46.7 Å². The average Bonchev–Trinajstić information content (AvgIpc) is 2.94. The van der Waals surface area contributed by atoms with Crippen LogP contribution in [0.1, 0.15) is 10.7 Å². The van der Waals surface area contributed by atoms with E-state index in [0.29, 0.717) is 10.8 Å². The molecule has 3 aromatic rings. The van der Waals surface area contributed by atoms with Crippen molar-refractivity contribution in [2.45, 2.75) is 12.7 Å². The molecule has 108 valence electrons. The van der Waals surface area contributed by atoms with Gasteiger partial charge in [0.05, 0.1) is 12.1 Å². The van der Waals surface area contributed by atoms with Gasteiger partial charge >= 0.3 is 6.18 Å². The van der Waals surface area contributed by atoms with E-state index in [1.54, 1.807) is 0 Å². The summed E-state index contributed by atoms with van der Waals surface area (Å²) >= 11 is 0.964. The van der Waals surface area contributed by atoms with E-state index >= 15 is 0 Å². The summed E-state index contributed by atoms with van der Waals surface area (Å²) in [5.74, 6) is 0.573. The fourth-order valence-electron chi connectivity index (χ4n) is 1.83. The van der Waals surface area contributed by atoms with Crippen molar-refractivity contribution in [2.75, 3.05) is 5.32 Å². The molecule has 0 unspecified atom stereocenters. The van der Waals surface area contributed by atoms with Gasteiger partial charge in [-0.15, -0.1) is 11.3 Å². The third-order valence-corrected chi connectivity index (χ3v) is 3.64. The number of alkyl halides is 3. The Hall–Kier alpha value is -2.22. The van der Waals surface area contributed by atoms with Gasteiger partial charge in [-0.2, -0.15) is 13.2 Å². The number of nitrogens with one attached hydrogen (secondary N) is 1. The molecule has 0 aliphatic rings. The van der Waals surface area contributed by atoms with Crippen LogP contribution in [0, 0.1) is 0 Å². The highest BCUT2D eigenvalue weighted by Gasteiger charge is 2.33. The molecule has 2 heterocycles. The number of nitrogens with zero attached hydrogens (tertiary/aromatic N) is 3. The Kier molecular flexibility index (Phi) is 3.46. The molecule has 3 rings (SSSR count). The molecule has 0 atom stereocenters. The lowest BCUT2D eigenvalue weighted by atomic mass is 10.2. The van der Waals surface area contributed by atoms with Gasteiger partial charge in [0, 0.05) is 10.8 Å². The number of hydrogen-bond acceptors (Lipinski definition) is 5. The third kappa shape index (κ3) is 2.94. The number of thiazole rings is 1. The highest BCUT2D eigenvalue weighted by Crippen LogP contribution is 2.30. The van der Waals surface area contributed by atoms with Gasteiger partial charge in [0.2, 0.25) is 0 Å². The van der Waals surface area contributed by atoms with Crippen LogP contribution < -0.4 is 5.32 Å². The van der Waals surface area contributed by atoms with Crippen LogP contribution in [0.3, 0.4) is 0 Å². The molecule has 0 aliphatic carbocycles. The number of benzene rings is 1. The van der Waals surface area contributed by atoms with Crippen LogP contribution >= 0.6 is 11.3 Å². The number of rotatable bonds is 3. The van der Waals surface area contributed by atoms with Crippen LogP contribution in [0.5, 0.6) is 0 Å². The van der Waals surface area contributed by atoms with Crippen molar-refractivity contribution in [2.24, 2.45) is 0 Å². The molecule has 2 aromatic heterocycles. The summed E-state index contributed by atoms with van der Waals surface area (Å²) in [6.45, 7) is 0.182. The minimum absolute atomic E-state index is 0.182. The van der Waals surface area contributed by atoms with Gasteiger partial charge in [-0.25, -0.2) is 15.0 Å². The highest BCUT2D eigenvalue weighted by atomic mass is 32.1. The predicted octanol–water partition coefficient (Wildman–Crippen LogP) is 3.72. The van der Waals surface area contributed by atoms with Crippen molar-refractivity contribution in [1.29, 1.82) is 0 Å². The van der Waals surface area contributed by atoms with Gasteiger partial charge in [-0.3, -0.25) is 0 Å². The van der Waals surface area contributed by atoms with Crippen LogP contribution in [0.2, 0.25) is 0 Å². The first-order valence-corrected chi connectivity index (χ1v) is 6.87. The van der Waals surface area contributed by atoms with E-state index < -0.39 is 11.9 Å². The number of hydrogen-bond donors (Lipinski definition) is 1. The third-order valence-electron chi connectivity index (χ3n) is 2.79. The molecule has 0 saturated heterocycles. The van der Waals surface area contributed by atoms with Gasteiger partial charge in [0.1, 0.15) is 17.2 Å². The molecule has 8 heteroatoms. The second-order valence-electron chi connectivity index (χ2n) is 4.22. The van der Waals surface area contributed by atoms with E-state index in [4.69, 9.17) is 0 Å². The SMILES string of the molecule is FC(F)(F)c1csc(CNc2ncnc3ccccc23)n1. The first-order valence-electron chi connectivity index (χ1n) is 5.99. The van der Waals surface area contributed by atoms with Crippen molar-refractivity contribution >= 4 is 28.1 Å². The minimum atomic E-state index is -4.41. The van der Waals surface area contributed by atoms with E-state index in [-0.39, 0.29) is 6.54 Å². The summed E-state index contributed by atoms with van der Waals surface area (Å²) in [7, 11) is 0. The number of para-hydroxylation sites is 1. The highest BCUT2D eigenvalue weighted by molar-refractivity contribution is 7.09. The van der Waals surface area contributed by atoms with Gasteiger partial charge < -0.3 is 5.32 Å². The largest absolute Gasteiger partial charge is 0.434 e. The zero-order valence-electron chi connectivity index (χ0n) is 10.6. The summed E-state index contributed by atoms with van der Waals surface area (Å²) in [4.78, 5) is 11.8. The molecule has 0 spiro atoms. The second kappa shape index (κ2) is 5.28. The van der Waals surface area contributed by atoms with Crippen LogP contribution in [0.15, 0.2) is 36.0 Å². The van der Waals surface area contributed by atoms with Crippen LogP contribution in [-0.4, -0.2) is 15.0 Å². The molecule has 0 amide bonds. The maximum atomic E-state index is 12.5. The van der Waals surface area contributed by atoms with Crippen LogP contribution in [0.4, 0.5) is 19.0 Å². The molecule has 0 saturated carbocycles. The molecule has 21 heavy (non-hydrogen) atoms. The monoisotopic (exact) mass is 310 g/mol. The lowest BCUT2D eigenvalue weighted by Crippen LogP contribution is -2.07. The van der Waals surface area contributed by atoms with Gasteiger partial charge in [-0.1, -0.05) is 12.1 Å². The van der Waals surface area contributed by atoms with E-state index in [0.717, 1.165) is 27.6 Å². The molecule has 4 nitrogen and oxygen atoms in total. The lowest BCUT2D eigenvalue weighted by Gasteiger charge is -2.06. The maximum Gasteiger partial charge on any atom is 0.434 e. The quantitative estimate of drug-likeness (QED) is 0.801. The number of aromatic nitrogens is 3. The standard InChI is InChI=1S/C13H9F3N4S/c14-13(15,16)10-6-21-11(20-10)5-17-12-8-3-1-2-4-9(8)18-7-19-12/h1-4,6-7H,5H2,(H,17,18,19). The zero-order valence-corrected chi connectivity index (χ0v) is 11.4. The fraction of sp³-hybridized carbons (Fsp3) is 0.154. The molecule has 1 aromatic carbocycles. The molecule has 1 N–H and O–H groups in total. The van der Waals surface area contributed by atoms with Crippen molar-refractivity contribution in [3.8, 4) is 0 Å². The summed E-state index contributed by atoms with van der Waals surface area (Å²) in [6, 6.07) is 7.39. The first-order chi connectivity index (χ1) is 10.0. The van der Waals surface area contributed by atoms with Gasteiger partial charge in [-0.05, 0) is 12.1 Å². The normalized spacial score (nSPS) is 11.8. The topological polar surface area (TPSA) is 50.7 Å². The first kappa shape index (κ1) is 13.7. The smallest absolute Gasteiger partial charge is 0.363 e. The Balaban J connectivity index is 1.79. The Bertz CT molecular complexity index is 764. The van der Waals surface area contributed by atoms with Crippen molar-refractivity contribution < 1.29 is 13.2 Å². The molecule has 0 fully saturated rings. The molecular formula is C13H9F3N4S. The fourth-order valence-corrected chi connectivity index (χ4v) is 2.57. The van der Waals surface area contributed by atoms with Crippen LogP contribution in [-0.2, 0) is 12.7 Å². The number of anilines is 1. The maximum absolute atomic E-state index is 12.5. The van der Waals surface area contributed by atoms with Crippen molar-refractivity contribution in [3.63, 3.8) is 0 Å². The van der Waals surface area contributed by atoms with E-state index in [9.17, 15) is 13.2 Å². The number of fused-ring (bicyclic) bond motifs is 1. The van der Waals surface area contributed by atoms with E-state index in [2.05, 4.69) is 20.3 Å². The Morgan fingerprint density at radius 3 is 2.71 bits per heavy atom. The van der Waals surface area contributed by atoms with E-state index in [1.165, 1.54) is 6.33 Å². The number of halogens is 3. The zero-order chi connectivity index (χ0) is 14.9. The second-order valence-corrected chi connectivity index (χ2v) is 5.16. The van der Waals surface area contributed by atoms with Crippen LogP contribution in [0.25, 0.3) is 10.9 Å². The molecule has 0 radical (unpaired) electrons. The van der Waals surface area contributed by atoms with Gasteiger partial charge in [0.15, 0.2) is 5.69 Å². The molecule has 0 aliphatic heterocycles. The van der Waals surface area contributed by atoms with Crippen molar-refractivity contribution in [1.82, 2.24) is 15.0 Å². The Morgan fingerprint density at radius 2 is 1.95 bits per heavy atom. The van der Waals surface area contributed by atoms with Gasteiger partial charge in [0.25, 0.3) is 0 Å². The predicted molar refractivity (Wildman–Crippen MR) is 74.0 cm³/mol. The summed E-state index contributed by atoms with van der Waals surface area (Å²) < 4.78 is 37.4. The minimum Gasteiger partial charge on any atom is -0.363 e. The average molecular weight is 310 g/mol. The summed E-state index contributed by atoms with van der Waals surface area (Å²) in [6.07, 6.45) is -3.00. The molecule has 0 bridgehead atoms. The lowest BCUT2D eigenvalue weighted by molar-refractivity contribution is -0.140. The van der Waals surface area contributed by atoms with E-state index in [1.807, 2.05) is 24.3 Å².